The minimum atomic E-state index is 0.0722. The molecule has 1 saturated heterocycles. The number of nitrogens with two attached hydrogens (primary N) is 1. The normalized spacial score (nSPS) is 25.0. The molecule has 0 radical (unpaired) electrons. The number of aromatic amines is 1. The van der Waals surface area contributed by atoms with Crippen LogP contribution in [0.25, 0.3) is 0 Å². The Balaban J connectivity index is 1.30. The maximum atomic E-state index is 6.43. The van der Waals surface area contributed by atoms with Crippen LogP contribution in [0.3, 0.4) is 0 Å². The molecule has 0 amide bonds. The first kappa shape index (κ1) is 15.1. The molecular formula is C18H25N7. The highest BCUT2D eigenvalue weighted by atomic mass is 15.3. The molecule has 3 fully saturated rings. The predicted molar refractivity (Wildman–Crippen MR) is 97.0 cm³/mol. The van der Waals surface area contributed by atoms with Gasteiger partial charge in [-0.05, 0) is 50.5 Å². The van der Waals surface area contributed by atoms with Gasteiger partial charge in [-0.15, -0.1) is 0 Å². The van der Waals surface area contributed by atoms with Crippen LogP contribution >= 0.6 is 0 Å². The van der Waals surface area contributed by atoms with Crippen molar-refractivity contribution in [1.29, 1.82) is 0 Å². The van der Waals surface area contributed by atoms with E-state index < -0.39 is 0 Å². The van der Waals surface area contributed by atoms with Crippen molar-refractivity contribution in [1.82, 2.24) is 20.2 Å². The zero-order valence-electron chi connectivity index (χ0n) is 14.4. The van der Waals surface area contributed by atoms with Gasteiger partial charge >= 0.3 is 0 Å². The van der Waals surface area contributed by atoms with Crippen molar-refractivity contribution in [2.75, 3.05) is 23.3 Å². The smallest absolute Gasteiger partial charge is 0.227 e. The number of nitrogens with zero attached hydrogens (tertiary/aromatic N) is 4. The summed E-state index contributed by atoms with van der Waals surface area (Å²) in [6, 6.07) is 3.98. The number of H-pyrrole nitrogens is 1. The van der Waals surface area contributed by atoms with Crippen LogP contribution in [0.1, 0.15) is 50.1 Å². The lowest BCUT2D eigenvalue weighted by Crippen LogP contribution is -2.45. The van der Waals surface area contributed by atoms with E-state index in [0.29, 0.717) is 11.8 Å². The van der Waals surface area contributed by atoms with Crippen molar-refractivity contribution in [3.8, 4) is 0 Å². The molecule has 2 aromatic rings. The largest absolute Gasteiger partial charge is 0.340 e. The third-order valence-corrected chi connectivity index (χ3v) is 5.86. The summed E-state index contributed by atoms with van der Waals surface area (Å²) in [7, 11) is 0. The molecule has 132 valence electrons. The Hall–Kier alpha value is -2.15. The Kier molecular flexibility index (Phi) is 3.45. The third-order valence-electron chi connectivity index (χ3n) is 5.86. The predicted octanol–water partition coefficient (Wildman–Crippen LogP) is 2.53. The molecule has 3 aliphatic rings. The molecule has 7 heteroatoms. The van der Waals surface area contributed by atoms with Gasteiger partial charge in [0, 0.05) is 42.5 Å². The molecule has 3 heterocycles. The van der Waals surface area contributed by atoms with E-state index in [4.69, 9.17) is 10.7 Å². The zero-order valence-corrected chi connectivity index (χ0v) is 14.4. The molecule has 2 aliphatic carbocycles. The van der Waals surface area contributed by atoms with Crippen LogP contribution < -0.4 is 16.0 Å². The summed E-state index contributed by atoms with van der Waals surface area (Å²) in [5.74, 6) is 3.63. The second-order valence-corrected chi connectivity index (χ2v) is 7.87. The molecule has 0 aromatic carbocycles. The van der Waals surface area contributed by atoms with Crippen molar-refractivity contribution < 1.29 is 0 Å². The van der Waals surface area contributed by atoms with Crippen LogP contribution in [0.15, 0.2) is 18.3 Å². The second kappa shape index (κ2) is 5.69. The van der Waals surface area contributed by atoms with Crippen LogP contribution in [0.2, 0.25) is 0 Å². The van der Waals surface area contributed by atoms with E-state index in [0.717, 1.165) is 49.9 Å². The van der Waals surface area contributed by atoms with E-state index in [1.54, 1.807) is 0 Å². The van der Waals surface area contributed by atoms with Crippen molar-refractivity contribution in [2.24, 2.45) is 11.7 Å². The van der Waals surface area contributed by atoms with E-state index in [2.05, 4.69) is 31.5 Å². The number of hydrogen-bond donors (Lipinski definition) is 3. The van der Waals surface area contributed by atoms with Crippen LogP contribution in [-0.2, 0) is 0 Å². The van der Waals surface area contributed by atoms with Gasteiger partial charge in [-0.25, -0.2) is 4.98 Å². The first-order chi connectivity index (χ1) is 12.2. The lowest BCUT2D eigenvalue weighted by atomic mass is 9.89. The van der Waals surface area contributed by atoms with Gasteiger partial charge in [0.15, 0.2) is 5.82 Å². The molecule has 2 saturated carbocycles. The van der Waals surface area contributed by atoms with Gasteiger partial charge in [0.2, 0.25) is 5.95 Å². The first-order valence-electron chi connectivity index (χ1n) is 9.39. The molecule has 2 aromatic heterocycles. The van der Waals surface area contributed by atoms with Crippen molar-refractivity contribution in [3.05, 3.63) is 24.0 Å². The van der Waals surface area contributed by atoms with Crippen LogP contribution in [0, 0.1) is 5.92 Å². The SMILES string of the molecule is NC1(C2CCCN(c3nccc(Nc4cc(C5CC5)[nH]n4)n3)C2)CC1. The van der Waals surface area contributed by atoms with Gasteiger partial charge in [-0.3, -0.25) is 5.10 Å². The van der Waals surface area contributed by atoms with Crippen molar-refractivity contribution in [2.45, 2.75) is 50.0 Å². The lowest BCUT2D eigenvalue weighted by molar-refractivity contribution is 0.333. The minimum Gasteiger partial charge on any atom is -0.340 e. The highest BCUT2D eigenvalue weighted by Gasteiger charge is 2.46. The number of nitrogens with one attached hydrogen (secondary N) is 2. The molecule has 7 nitrogen and oxygen atoms in total. The van der Waals surface area contributed by atoms with E-state index in [9.17, 15) is 0 Å². The van der Waals surface area contributed by atoms with Crippen LogP contribution in [0.5, 0.6) is 0 Å². The summed E-state index contributed by atoms with van der Waals surface area (Å²) >= 11 is 0. The first-order valence-corrected chi connectivity index (χ1v) is 9.39. The average Bonchev–Trinajstić information content (AvgIpc) is 3.57. The summed E-state index contributed by atoms with van der Waals surface area (Å²) < 4.78 is 0. The second-order valence-electron chi connectivity index (χ2n) is 7.87. The minimum absolute atomic E-state index is 0.0722. The standard InChI is InChI=1S/C18H25N7/c19-18(6-7-18)13-2-1-9-25(11-13)17-20-8-5-15(22-17)21-16-10-14(23-24-16)12-3-4-12/h5,8,10,12-13H,1-4,6-7,9,11,19H2,(H2,20,21,22,23,24). The lowest BCUT2D eigenvalue weighted by Gasteiger charge is -2.36. The quantitative estimate of drug-likeness (QED) is 0.775. The number of hydrogen-bond acceptors (Lipinski definition) is 6. The van der Waals surface area contributed by atoms with Gasteiger partial charge in [-0.1, -0.05) is 0 Å². The van der Waals surface area contributed by atoms with E-state index in [-0.39, 0.29) is 5.54 Å². The summed E-state index contributed by atoms with van der Waals surface area (Å²) in [6.45, 7) is 1.97. The molecule has 1 aliphatic heterocycles. The van der Waals surface area contributed by atoms with Gasteiger partial charge < -0.3 is 16.0 Å². The molecule has 0 bridgehead atoms. The van der Waals surface area contributed by atoms with E-state index >= 15 is 0 Å². The Morgan fingerprint density at radius 1 is 1.24 bits per heavy atom. The highest BCUT2D eigenvalue weighted by molar-refractivity contribution is 5.53. The number of anilines is 3. The van der Waals surface area contributed by atoms with Gasteiger partial charge in [0.05, 0.1) is 0 Å². The maximum Gasteiger partial charge on any atom is 0.227 e. The van der Waals surface area contributed by atoms with E-state index in [1.807, 2.05) is 12.3 Å². The topological polar surface area (TPSA) is 95.8 Å². The number of piperidine rings is 1. The molecule has 5 rings (SSSR count). The summed E-state index contributed by atoms with van der Waals surface area (Å²) in [5, 5.41) is 10.8. The average molecular weight is 339 g/mol. The third kappa shape index (κ3) is 3.08. The van der Waals surface area contributed by atoms with Crippen LogP contribution in [0.4, 0.5) is 17.6 Å². The Bertz CT molecular complexity index is 762. The maximum absolute atomic E-state index is 6.43. The molecular weight excluding hydrogens is 314 g/mol. The van der Waals surface area contributed by atoms with Gasteiger partial charge in [0.1, 0.15) is 5.82 Å². The fourth-order valence-corrected chi connectivity index (χ4v) is 3.89. The Morgan fingerprint density at radius 3 is 2.92 bits per heavy atom. The van der Waals surface area contributed by atoms with E-state index in [1.165, 1.54) is 25.0 Å². The summed E-state index contributed by atoms with van der Waals surface area (Å²) in [6.07, 6.45) is 9.05. The highest BCUT2D eigenvalue weighted by Crippen LogP contribution is 2.43. The summed E-state index contributed by atoms with van der Waals surface area (Å²) in [4.78, 5) is 11.5. The fraction of sp³-hybridized carbons (Fsp3) is 0.611. The number of aromatic nitrogens is 4. The molecule has 25 heavy (non-hydrogen) atoms. The van der Waals surface area contributed by atoms with Crippen molar-refractivity contribution in [3.63, 3.8) is 0 Å². The Labute approximate surface area is 147 Å². The molecule has 1 atom stereocenters. The monoisotopic (exact) mass is 339 g/mol. The van der Waals surface area contributed by atoms with Gasteiger partial charge in [0.25, 0.3) is 0 Å². The fourth-order valence-electron chi connectivity index (χ4n) is 3.89. The molecule has 0 spiro atoms. The summed E-state index contributed by atoms with van der Waals surface area (Å²) in [5.41, 5.74) is 7.72. The molecule has 1 unspecified atom stereocenters. The van der Waals surface area contributed by atoms with Gasteiger partial charge in [-0.2, -0.15) is 10.1 Å². The Morgan fingerprint density at radius 2 is 2.12 bits per heavy atom. The van der Waals surface area contributed by atoms with Crippen molar-refractivity contribution >= 4 is 17.6 Å². The van der Waals surface area contributed by atoms with Crippen LogP contribution in [-0.4, -0.2) is 38.8 Å². The number of rotatable bonds is 5. The molecule has 4 N–H and O–H groups in total. The zero-order chi connectivity index (χ0) is 16.9.